The van der Waals surface area contributed by atoms with Gasteiger partial charge in [0.2, 0.25) is 0 Å². The van der Waals surface area contributed by atoms with Gasteiger partial charge in [-0.2, -0.15) is 5.26 Å². The lowest BCUT2D eigenvalue weighted by Gasteiger charge is -2.36. The molecule has 0 bridgehead atoms. The van der Waals surface area contributed by atoms with Crippen LogP contribution >= 0.6 is 23.2 Å². The third kappa shape index (κ3) is 4.60. The highest BCUT2D eigenvalue weighted by atomic mass is 35.5. The Labute approximate surface area is 194 Å². The second-order valence-corrected chi connectivity index (χ2v) is 10.3. The number of nitriles is 1. The molecular formula is C25H28Cl2N2O2. The number of rotatable bonds is 4. The highest BCUT2D eigenvalue weighted by Gasteiger charge is 2.60. The molecule has 0 aliphatic carbocycles. The Hall–Kier alpha value is -2.06. The van der Waals surface area contributed by atoms with E-state index in [-0.39, 0.29) is 17.9 Å². The van der Waals surface area contributed by atoms with Gasteiger partial charge in [-0.1, -0.05) is 61.3 Å². The van der Waals surface area contributed by atoms with Gasteiger partial charge in [-0.05, 0) is 62.1 Å². The predicted molar refractivity (Wildman–Crippen MR) is 124 cm³/mol. The van der Waals surface area contributed by atoms with Crippen LogP contribution in [0.15, 0.2) is 48.5 Å². The minimum Gasteiger partial charge on any atom is -0.459 e. The summed E-state index contributed by atoms with van der Waals surface area (Å²) >= 11 is 12.5. The van der Waals surface area contributed by atoms with Gasteiger partial charge in [0, 0.05) is 22.0 Å². The van der Waals surface area contributed by atoms with Crippen molar-refractivity contribution in [2.24, 2.45) is 5.92 Å². The fourth-order valence-corrected chi connectivity index (χ4v) is 4.93. The number of ether oxygens (including phenoxy) is 1. The normalized spacial score (nSPS) is 26.0. The third-order valence-electron chi connectivity index (χ3n) is 5.72. The van der Waals surface area contributed by atoms with Crippen LogP contribution < -0.4 is 5.32 Å². The summed E-state index contributed by atoms with van der Waals surface area (Å²) in [6.07, 6.45) is 0. The Kier molecular flexibility index (Phi) is 6.72. The van der Waals surface area contributed by atoms with Gasteiger partial charge in [0.05, 0.1) is 6.07 Å². The lowest BCUT2D eigenvalue weighted by atomic mass is 9.63. The molecule has 6 heteroatoms. The molecule has 4 nitrogen and oxygen atoms in total. The number of halogens is 2. The van der Waals surface area contributed by atoms with Gasteiger partial charge in [0.1, 0.15) is 17.1 Å². The number of nitrogens with one attached hydrogen (secondary N) is 1. The van der Waals surface area contributed by atoms with Crippen molar-refractivity contribution in [1.82, 2.24) is 5.32 Å². The fraction of sp³-hybridized carbons (Fsp3) is 0.440. The van der Waals surface area contributed by atoms with Crippen molar-refractivity contribution in [3.8, 4) is 6.07 Å². The van der Waals surface area contributed by atoms with Crippen molar-refractivity contribution >= 4 is 29.2 Å². The van der Waals surface area contributed by atoms with E-state index in [1.165, 1.54) is 0 Å². The fourth-order valence-electron chi connectivity index (χ4n) is 4.61. The van der Waals surface area contributed by atoms with Crippen LogP contribution in [0.25, 0.3) is 0 Å². The summed E-state index contributed by atoms with van der Waals surface area (Å²) in [5, 5.41) is 15.3. The van der Waals surface area contributed by atoms with Crippen molar-refractivity contribution in [1.29, 1.82) is 5.26 Å². The number of hydrogen-bond donors (Lipinski definition) is 1. The van der Waals surface area contributed by atoms with Crippen LogP contribution in [0.3, 0.4) is 0 Å². The minimum atomic E-state index is -1.02. The van der Waals surface area contributed by atoms with E-state index in [1.807, 2.05) is 65.0 Å². The van der Waals surface area contributed by atoms with Gasteiger partial charge in [0.15, 0.2) is 0 Å². The molecule has 0 amide bonds. The molecule has 4 atom stereocenters. The summed E-state index contributed by atoms with van der Waals surface area (Å²) in [6.45, 7) is 9.61. The minimum absolute atomic E-state index is 0.0736. The summed E-state index contributed by atoms with van der Waals surface area (Å²) < 4.78 is 5.76. The molecular weight excluding hydrogens is 431 g/mol. The molecule has 0 radical (unpaired) electrons. The Morgan fingerprint density at radius 3 is 2.29 bits per heavy atom. The molecule has 2 aromatic carbocycles. The molecule has 1 fully saturated rings. The Morgan fingerprint density at radius 2 is 1.77 bits per heavy atom. The van der Waals surface area contributed by atoms with E-state index in [0.29, 0.717) is 10.0 Å². The highest BCUT2D eigenvalue weighted by Crippen LogP contribution is 2.51. The second kappa shape index (κ2) is 8.82. The van der Waals surface area contributed by atoms with E-state index in [2.05, 4.69) is 11.4 Å². The van der Waals surface area contributed by atoms with E-state index in [9.17, 15) is 10.1 Å². The maximum Gasteiger partial charge on any atom is 0.324 e. The van der Waals surface area contributed by atoms with Crippen LogP contribution in [-0.4, -0.2) is 23.7 Å². The molecule has 1 saturated heterocycles. The van der Waals surface area contributed by atoms with Crippen molar-refractivity contribution in [2.75, 3.05) is 0 Å². The molecule has 3 rings (SSSR count). The van der Waals surface area contributed by atoms with E-state index < -0.39 is 23.0 Å². The molecule has 2 aromatic rings. The third-order valence-corrected chi connectivity index (χ3v) is 6.20. The topological polar surface area (TPSA) is 62.1 Å². The monoisotopic (exact) mass is 458 g/mol. The maximum absolute atomic E-state index is 13.3. The van der Waals surface area contributed by atoms with Gasteiger partial charge in [-0.15, -0.1) is 0 Å². The van der Waals surface area contributed by atoms with Crippen LogP contribution in [0, 0.1) is 17.2 Å². The van der Waals surface area contributed by atoms with Crippen molar-refractivity contribution in [2.45, 2.75) is 63.6 Å². The summed E-state index contributed by atoms with van der Waals surface area (Å²) in [5.74, 6) is -0.807. The van der Waals surface area contributed by atoms with E-state index in [1.54, 1.807) is 18.2 Å². The number of carbonyl (C=O) groups excluding carboxylic acids is 1. The number of nitrogens with zero attached hydrogens (tertiary/aromatic N) is 1. The highest BCUT2D eigenvalue weighted by molar-refractivity contribution is 6.30. The van der Waals surface area contributed by atoms with Gasteiger partial charge in [-0.25, -0.2) is 0 Å². The molecule has 0 aromatic heterocycles. The van der Waals surface area contributed by atoms with Crippen LogP contribution in [-0.2, 0) is 14.9 Å². The lowest BCUT2D eigenvalue weighted by Crippen LogP contribution is -2.45. The number of benzene rings is 2. The molecule has 1 aliphatic rings. The summed E-state index contributed by atoms with van der Waals surface area (Å²) in [5.41, 5.74) is -0.0501. The zero-order valence-corrected chi connectivity index (χ0v) is 20.0. The van der Waals surface area contributed by atoms with E-state index in [0.717, 1.165) is 11.1 Å². The number of esters is 1. The summed E-state index contributed by atoms with van der Waals surface area (Å²) in [4.78, 5) is 13.3. The number of hydrogen-bond acceptors (Lipinski definition) is 4. The first-order chi connectivity index (χ1) is 14.5. The Morgan fingerprint density at radius 1 is 1.13 bits per heavy atom. The molecule has 0 saturated carbocycles. The lowest BCUT2D eigenvalue weighted by molar-refractivity contribution is -0.157. The Balaban J connectivity index is 2.26. The van der Waals surface area contributed by atoms with Crippen LogP contribution in [0.4, 0.5) is 0 Å². The van der Waals surface area contributed by atoms with E-state index in [4.69, 9.17) is 27.9 Å². The second-order valence-electron chi connectivity index (χ2n) is 9.42. The smallest absolute Gasteiger partial charge is 0.324 e. The van der Waals surface area contributed by atoms with Crippen molar-refractivity contribution in [3.63, 3.8) is 0 Å². The average Bonchev–Trinajstić information content (AvgIpc) is 3.04. The molecule has 164 valence electrons. The van der Waals surface area contributed by atoms with E-state index >= 15 is 0 Å². The zero-order valence-electron chi connectivity index (χ0n) is 18.4. The van der Waals surface area contributed by atoms with Crippen molar-refractivity contribution in [3.05, 3.63) is 69.7 Å². The van der Waals surface area contributed by atoms with Gasteiger partial charge < -0.3 is 4.74 Å². The Bertz CT molecular complexity index is 992. The predicted octanol–water partition coefficient (Wildman–Crippen LogP) is 5.88. The molecule has 1 N–H and O–H groups in total. The average molecular weight is 459 g/mol. The van der Waals surface area contributed by atoms with Crippen LogP contribution in [0.1, 0.15) is 51.7 Å². The quantitative estimate of drug-likeness (QED) is 0.581. The summed E-state index contributed by atoms with van der Waals surface area (Å²) in [7, 11) is 0. The molecule has 31 heavy (non-hydrogen) atoms. The summed E-state index contributed by atoms with van der Waals surface area (Å²) in [6, 6.07) is 16.3. The first-order valence-corrected chi connectivity index (χ1v) is 11.2. The first-order valence-electron chi connectivity index (χ1n) is 10.4. The zero-order chi connectivity index (χ0) is 23.0. The van der Waals surface area contributed by atoms with Gasteiger partial charge >= 0.3 is 5.97 Å². The van der Waals surface area contributed by atoms with Crippen molar-refractivity contribution < 1.29 is 9.53 Å². The van der Waals surface area contributed by atoms with Crippen LogP contribution in [0.5, 0.6) is 0 Å². The van der Waals surface area contributed by atoms with Crippen LogP contribution in [0.2, 0.25) is 10.0 Å². The number of carbonyl (C=O) groups is 1. The molecule has 0 spiro atoms. The van der Waals surface area contributed by atoms with Gasteiger partial charge in [-0.3, -0.25) is 10.1 Å². The standard InChI is InChI=1S/C25H28Cl2N2O2/c1-15(2)22-25(14-28,17-9-11-18(26)12-10-17)20(16-7-6-8-19(27)13-16)21(29-22)23(30)31-24(3,4)5/h6-13,15,20-22,29H,1-5H3/t20?,21-,22+,25-/m1/s1. The first kappa shape index (κ1) is 23.6. The molecule has 1 unspecified atom stereocenters. The maximum atomic E-state index is 13.3. The molecule has 1 heterocycles. The molecule has 1 aliphatic heterocycles. The SMILES string of the molecule is CC(C)[C@@H]1N[C@@H](C(=O)OC(C)(C)C)C(c2cccc(Cl)c2)[C@@]1(C#N)c1ccc(Cl)cc1. The van der Waals surface area contributed by atoms with Gasteiger partial charge in [0.25, 0.3) is 0 Å². The largest absolute Gasteiger partial charge is 0.459 e.